The van der Waals surface area contributed by atoms with Gasteiger partial charge in [-0.25, -0.2) is 0 Å². The van der Waals surface area contributed by atoms with E-state index in [-0.39, 0.29) is 17.2 Å². The molecule has 0 aliphatic heterocycles. The molecular weight excluding hydrogens is 438 g/mol. The van der Waals surface area contributed by atoms with Crippen molar-refractivity contribution in [1.29, 1.82) is 10.5 Å². The lowest BCUT2D eigenvalue weighted by Gasteiger charge is -2.14. The van der Waals surface area contributed by atoms with Crippen molar-refractivity contribution >= 4 is 29.3 Å². The molecule has 0 heterocycles. The first-order valence-corrected chi connectivity index (χ1v) is 10.3. The van der Waals surface area contributed by atoms with E-state index in [0.717, 1.165) is 5.56 Å². The van der Waals surface area contributed by atoms with Crippen molar-refractivity contribution < 1.29 is 14.3 Å². The molecule has 0 fully saturated rings. The molecule has 33 heavy (non-hydrogen) atoms. The summed E-state index contributed by atoms with van der Waals surface area (Å²) in [5.74, 6) is 0.0935. The summed E-state index contributed by atoms with van der Waals surface area (Å²) in [4.78, 5) is 12.5. The molecule has 7 heteroatoms. The second-order valence-corrected chi connectivity index (χ2v) is 7.49. The van der Waals surface area contributed by atoms with Crippen molar-refractivity contribution in [1.82, 2.24) is 0 Å². The number of amides is 1. The predicted molar refractivity (Wildman–Crippen MR) is 127 cm³/mol. The fraction of sp³-hybridized carbons (Fsp3) is 0.115. The van der Waals surface area contributed by atoms with Crippen molar-refractivity contribution in [3.8, 4) is 23.6 Å². The number of hydrogen-bond acceptors (Lipinski definition) is 5. The van der Waals surface area contributed by atoms with E-state index in [2.05, 4.69) is 11.4 Å². The summed E-state index contributed by atoms with van der Waals surface area (Å²) in [7, 11) is 1.46. The molecule has 0 saturated carbocycles. The SMILES string of the molecule is COc1cc(/C=C(\C#N)C(=O)Nc2ccc(C)cc2)cc(Cl)c1OCc1ccccc1C#N. The lowest BCUT2D eigenvalue weighted by atomic mass is 10.1. The first kappa shape index (κ1) is 23.4. The van der Waals surface area contributed by atoms with Crippen LogP contribution in [0.3, 0.4) is 0 Å². The molecule has 3 aromatic carbocycles. The Kier molecular flexibility index (Phi) is 7.70. The van der Waals surface area contributed by atoms with Crippen LogP contribution in [0, 0.1) is 29.6 Å². The number of anilines is 1. The zero-order valence-electron chi connectivity index (χ0n) is 18.1. The molecule has 0 aliphatic carbocycles. The van der Waals surface area contributed by atoms with E-state index in [1.165, 1.54) is 13.2 Å². The Labute approximate surface area is 197 Å². The Morgan fingerprint density at radius 3 is 2.52 bits per heavy atom. The number of nitriles is 2. The molecule has 0 spiro atoms. The number of rotatable bonds is 7. The highest BCUT2D eigenvalue weighted by Crippen LogP contribution is 2.37. The summed E-state index contributed by atoms with van der Waals surface area (Å²) >= 11 is 6.42. The summed E-state index contributed by atoms with van der Waals surface area (Å²) in [6.45, 7) is 2.07. The quantitative estimate of drug-likeness (QED) is 0.365. The number of hydrogen-bond donors (Lipinski definition) is 1. The van der Waals surface area contributed by atoms with Crippen LogP contribution in [0.25, 0.3) is 6.08 Å². The van der Waals surface area contributed by atoms with Crippen molar-refractivity contribution in [2.45, 2.75) is 13.5 Å². The zero-order valence-corrected chi connectivity index (χ0v) is 18.8. The topological polar surface area (TPSA) is 95.1 Å². The molecule has 0 atom stereocenters. The number of ether oxygens (including phenoxy) is 2. The summed E-state index contributed by atoms with van der Waals surface area (Å²) in [6.07, 6.45) is 1.42. The second-order valence-electron chi connectivity index (χ2n) is 7.08. The van der Waals surface area contributed by atoms with E-state index in [9.17, 15) is 15.3 Å². The summed E-state index contributed by atoms with van der Waals surface area (Å²) < 4.78 is 11.2. The van der Waals surface area contributed by atoms with Crippen LogP contribution in [0.2, 0.25) is 5.02 Å². The van der Waals surface area contributed by atoms with Crippen LogP contribution < -0.4 is 14.8 Å². The highest BCUT2D eigenvalue weighted by Gasteiger charge is 2.15. The van der Waals surface area contributed by atoms with Crippen molar-refractivity contribution in [2.75, 3.05) is 12.4 Å². The van der Waals surface area contributed by atoms with Gasteiger partial charge in [0.05, 0.1) is 23.8 Å². The third kappa shape index (κ3) is 5.92. The van der Waals surface area contributed by atoms with Gasteiger partial charge in [-0.2, -0.15) is 10.5 Å². The normalized spacial score (nSPS) is 10.6. The van der Waals surface area contributed by atoms with Crippen LogP contribution in [0.4, 0.5) is 5.69 Å². The molecule has 0 radical (unpaired) electrons. The molecule has 0 unspecified atom stereocenters. The van der Waals surface area contributed by atoms with Gasteiger partial charge in [0.25, 0.3) is 5.91 Å². The molecule has 0 aromatic heterocycles. The molecular formula is C26H20ClN3O3. The number of halogens is 1. The van der Waals surface area contributed by atoms with E-state index < -0.39 is 5.91 Å². The number of nitrogens with zero attached hydrogens (tertiary/aromatic N) is 2. The smallest absolute Gasteiger partial charge is 0.266 e. The third-order valence-corrected chi connectivity index (χ3v) is 5.03. The van der Waals surface area contributed by atoms with E-state index in [0.29, 0.717) is 33.9 Å². The molecule has 3 aromatic rings. The number of carbonyl (C=O) groups is 1. The Morgan fingerprint density at radius 1 is 1.12 bits per heavy atom. The molecule has 6 nitrogen and oxygen atoms in total. The summed E-state index contributed by atoms with van der Waals surface area (Å²) in [6, 6.07) is 21.6. The van der Waals surface area contributed by atoms with Gasteiger partial charge in [-0.05, 0) is 48.9 Å². The predicted octanol–water partition coefficient (Wildman–Crippen LogP) is 5.65. The van der Waals surface area contributed by atoms with Gasteiger partial charge in [-0.1, -0.05) is 47.5 Å². The van der Waals surface area contributed by atoms with E-state index in [4.69, 9.17) is 21.1 Å². The standard InChI is InChI=1S/C26H20ClN3O3/c1-17-7-9-22(10-8-17)30-26(31)21(15-29)11-18-12-23(27)25(24(13-18)32-2)33-16-20-6-4-3-5-19(20)14-28/h3-13H,16H2,1-2H3,(H,30,31)/b21-11+. The fourth-order valence-electron chi connectivity index (χ4n) is 3.02. The van der Waals surface area contributed by atoms with Crippen LogP contribution in [-0.2, 0) is 11.4 Å². The average molecular weight is 458 g/mol. The molecule has 164 valence electrons. The third-order valence-electron chi connectivity index (χ3n) is 4.75. The first-order valence-electron chi connectivity index (χ1n) is 9.93. The minimum absolute atomic E-state index is 0.0923. The lowest BCUT2D eigenvalue weighted by molar-refractivity contribution is -0.112. The number of methoxy groups -OCH3 is 1. The van der Waals surface area contributed by atoms with Crippen LogP contribution in [-0.4, -0.2) is 13.0 Å². The second kappa shape index (κ2) is 10.9. The maximum atomic E-state index is 12.5. The Hall–Kier alpha value is -4.26. The molecule has 1 N–H and O–H groups in total. The number of carbonyl (C=O) groups excluding carboxylic acids is 1. The number of aryl methyl sites for hydroxylation is 1. The minimum Gasteiger partial charge on any atom is -0.493 e. The maximum absolute atomic E-state index is 12.5. The molecule has 0 saturated heterocycles. The van der Waals surface area contributed by atoms with E-state index >= 15 is 0 Å². The van der Waals surface area contributed by atoms with Crippen LogP contribution in [0.1, 0.15) is 22.3 Å². The highest BCUT2D eigenvalue weighted by atomic mass is 35.5. The van der Waals surface area contributed by atoms with Gasteiger partial charge >= 0.3 is 0 Å². The molecule has 1 amide bonds. The molecule has 0 aliphatic rings. The Balaban J connectivity index is 1.83. The zero-order chi connectivity index (χ0) is 23.8. The Bertz CT molecular complexity index is 1290. The van der Waals surface area contributed by atoms with Crippen molar-refractivity contribution in [2.24, 2.45) is 0 Å². The van der Waals surface area contributed by atoms with Gasteiger partial charge in [0, 0.05) is 11.3 Å². The van der Waals surface area contributed by atoms with Crippen LogP contribution in [0.5, 0.6) is 11.5 Å². The lowest BCUT2D eigenvalue weighted by Crippen LogP contribution is -2.13. The monoisotopic (exact) mass is 457 g/mol. The van der Waals surface area contributed by atoms with Crippen LogP contribution in [0.15, 0.2) is 66.2 Å². The molecule has 0 bridgehead atoms. The maximum Gasteiger partial charge on any atom is 0.266 e. The Morgan fingerprint density at radius 2 is 1.85 bits per heavy atom. The summed E-state index contributed by atoms with van der Waals surface area (Å²) in [5, 5.41) is 21.7. The highest BCUT2D eigenvalue weighted by molar-refractivity contribution is 6.32. The van der Waals surface area contributed by atoms with Gasteiger partial charge in [-0.15, -0.1) is 0 Å². The van der Waals surface area contributed by atoms with Crippen molar-refractivity contribution in [3.05, 3.63) is 93.5 Å². The number of nitrogens with one attached hydrogen (secondary N) is 1. The van der Waals surface area contributed by atoms with Gasteiger partial charge in [-0.3, -0.25) is 4.79 Å². The number of benzene rings is 3. The fourth-order valence-corrected chi connectivity index (χ4v) is 3.29. The summed E-state index contributed by atoms with van der Waals surface area (Å²) in [5.41, 5.74) is 3.27. The largest absolute Gasteiger partial charge is 0.493 e. The van der Waals surface area contributed by atoms with Gasteiger partial charge < -0.3 is 14.8 Å². The first-order chi connectivity index (χ1) is 15.9. The minimum atomic E-state index is -0.537. The van der Waals surface area contributed by atoms with Gasteiger partial charge in [0.2, 0.25) is 0 Å². The van der Waals surface area contributed by atoms with Gasteiger partial charge in [0.1, 0.15) is 18.2 Å². The molecule has 3 rings (SSSR count). The van der Waals surface area contributed by atoms with E-state index in [1.807, 2.05) is 31.2 Å². The van der Waals surface area contributed by atoms with Gasteiger partial charge in [0.15, 0.2) is 11.5 Å². The van der Waals surface area contributed by atoms with E-state index in [1.54, 1.807) is 42.5 Å². The van der Waals surface area contributed by atoms with Crippen LogP contribution >= 0.6 is 11.6 Å². The average Bonchev–Trinajstić information content (AvgIpc) is 2.83. The van der Waals surface area contributed by atoms with Crippen molar-refractivity contribution in [3.63, 3.8) is 0 Å².